The molecule has 0 spiro atoms. The van der Waals surface area contributed by atoms with Gasteiger partial charge in [0.15, 0.2) is 6.61 Å². The van der Waals surface area contributed by atoms with Crippen LogP contribution in [0.25, 0.3) is 0 Å². The van der Waals surface area contributed by atoms with Crippen LogP contribution in [0.4, 0.5) is 11.4 Å². The molecule has 31 heavy (non-hydrogen) atoms. The Bertz CT molecular complexity index is 1190. The highest BCUT2D eigenvalue weighted by molar-refractivity contribution is 7.92. The highest BCUT2D eigenvalue weighted by Crippen LogP contribution is 2.30. The smallest absolute Gasteiger partial charge is 0.262 e. The number of hydrogen-bond donors (Lipinski definition) is 2. The van der Waals surface area contributed by atoms with E-state index in [0.717, 1.165) is 5.56 Å². The summed E-state index contributed by atoms with van der Waals surface area (Å²) in [5, 5.41) is 3.23. The Morgan fingerprint density at radius 1 is 0.968 bits per heavy atom. The van der Waals surface area contributed by atoms with Gasteiger partial charge in [-0.15, -0.1) is 0 Å². The van der Waals surface area contributed by atoms with E-state index in [0.29, 0.717) is 32.7 Å². The molecule has 0 aromatic heterocycles. The van der Waals surface area contributed by atoms with Crippen molar-refractivity contribution in [1.29, 1.82) is 0 Å². The van der Waals surface area contributed by atoms with Crippen molar-refractivity contribution in [3.63, 3.8) is 0 Å². The third kappa shape index (κ3) is 5.91. The normalized spacial score (nSPS) is 11.1. The molecule has 6 nitrogen and oxygen atoms in total. The maximum absolute atomic E-state index is 12.6. The van der Waals surface area contributed by atoms with E-state index in [1.807, 2.05) is 19.1 Å². The van der Waals surface area contributed by atoms with Crippen LogP contribution in [0.3, 0.4) is 0 Å². The van der Waals surface area contributed by atoms with Crippen LogP contribution < -0.4 is 14.8 Å². The zero-order chi connectivity index (χ0) is 22.6. The quantitative estimate of drug-likeness (QED) is 0.474. The first-order valence-electron chi connectivity index (χ1n) is 9.22. The second-order valence-electron chi connectivity index (χ2n) is 6.83. The second-order valence-corrected chi connectivity index (χ2v) is 9.33. The van der Waals surface area contributed by atoms with Gasteiger partial charge in [0, 0.05) is 5.69 Å². The predicted octanol–water partition coefficient (Wildman–Crippen LogP) is 5.43. The Kier molecular flexibility index (Phi) is 7.10. The van der Waals surface area contributed by atoms with Gasteiger partial charge in [0.2, 0.25) is 0 Å². The van der Waals surface area contributed by atoms with E-state index in [4.69, 9.17) is 27.9 Å². The van der Waals surface area contributed by atoms with Crippen LogP contribution in [-0.2, 0) is 14.8 Å². The lowest BCUT2D eigenvalue weighted by Gasteiger charge is -2.13. The molecule has 162 valence electrons. The zero-order valence-electron chi connectivity index (χ0n) is 16.8. The van der Waals surface area contributed by atoms with Gasteiger partial charge in [-0.1, -0.05) is 47.0 Å². The SMILES string of the molecule is Cc1ccc(NS(=O)(=O)c2ccc(OCC(=O)Nc3c(Cl)cccc3Cl)c(C)c2)cc1. The third-order valence-corrected chi connectivity index (χ3v) is 6.36. The first-order valence-corrected chi connectivity index (χ1v) is 11.5. The van der Waals surface area contributed by atoms with Crippen molar-refractivity contribution in [3.05, 3.63) is 81.8 Å². The van der Waals surface area contributed by atoms with E-state index in [1.54, 1.807) is 37.3 Å². The number of rotatable bonds is 7. The third-order valence-electron chi connectivity index (χ3n) is 4.35. The average Bonchev–Trinajstić information content (AvgIpc) is 2.71. The van der Waals surface area contributed by atoms with Gasteiger partial charge in [-0.2, -0.15) is 0 Å². The summed E-state index contributed by atoms with van der Waals surface area (Å²) in [5.74, 6) is -0.0678. The van der Waals surface area contributed by atoms with E-state index in [1.165, 1.54) is 18.2 Å². The van der Waals surface area contributed by atoms with Crippen molar-refractivity contribution in [1.82, 2.24) is 0 Å². The molecule has 0 saturated carbocycles. The molecule has 9 heteroatoms. The maximum atomic E-state index is 12.6. The average molecular weight is 479 g/mol. The number of amides is 1. The molecule has 0 radical (unpaired) electrons. The summed E-state index contributed by atoms with van der Waals surface area (Å²) in [6.45, 7) is 3.32. The Morgan fingerprint density at radius 2 is 1.61 bits per heavy atom. The minimum Gasteiger partial charge on any atom is -0.483 e. The molecule has 3 rings (SSSR count). The number of para-hydroxylation sites is 1. The van der Waals surface area contributed by atoms with E-state index in [2.05, 4.69) is 10.0 Å². The summed E-state index contributed by atoms with van der Waals surface area (Å²) >= 11 is 12.1. The monoisotopic (exact) mass is 478 g/mol. The standard InChI is InChI=1S/C22H20Cl2N2O4S/c1-14-6-8-16(9-7-14)26-31(28,29)17-10-11-20(15(2)12-17)30-13-21(27)25-22-18(23)4-3-5-19(22)24/h3-12,26H,13H2,1-2H3,(H,25,27). The van der Waals surface area contributed by atoms with Crippen LogP contribution in [0.15, 0.2) is 65.6 Å². The number of carbonyl (C=O) groups excluding carboxylic acids is 1. The number of halogens is 2. The van der Waals surface area contributed by atoms with Crippen LogP contribution in [-0.4, -0.2) is 20.9 Å². The molecule has 3 aromatic rings. The number of benzene rings is 3. The van der Waals surface area contributed by atoms with Gasteiger partial charge >= 0.3 is 0 Å². The van der Waals surface area contributed by atoms with Crippen molar-refractivity contribution < 1.29 is 17.9 Å². The zero-order valence-corrected chi connectivity index (χ0v) is 19.1. The second kappa shape index (κ2) is 9.60. The number of ether oxygens (including phenoxy) is 1. The molecule has 0 saturated heterocycles. The highest BCUT2D eigenvalue weighted by atomic mass is 35.5. The van der Waals surface area contributed by atoms with Crippen LogP contribution in [0.5, 0.6) is 5.75 Å². The molecule has 1 amide bonds. The summed E-state index contributed by atoms with van der Waals surface area (Å²) in [6.07, 6.45) is 0. The fraction of sp³-hybridized carbons (Fsp3) is 0.136. The minimum atomic E-state index is -3.76. The molecule has 0 atom stereocenters. The summed E-state index contributed by atoms with van der Waals surface area (Å²) in [6, 6.07) is 16.3. The lowest BCUT2D eigenvalue weighted by molar-refractivity contribution is -0.118. The summed E-state index contributed by atoms with van der Waals surface area (Å²) in [5.41, 5.74) is 2.37. The van der Waals surface area contributed by atoms with Gasteiger partial charge in [0.1, 0.15) is 5.75 Å². The number of nitrogens with one attached hydrogen (secondary N) is 2. The topological polar surface area (TPSA) is 84.5 Å². The van der Waals surface area contributed by atoms with Crippen LogP contribution in [0, 0.1) is 13.8 Å². The number of aryl methyl sites for hydroxylation is 2. The van der Waals surface area contributed by atoms with Gasteiger partial charge in [-0.05, 0) is 61.9 Å². The van der Waals surface area contributed by atoms with Crippen LogP contribution >= 0.6 is 23.2 Å². The lowest BCUT2D eigenvalue weighted by atomic mass is 10.2. The van der Waals surface area contributed by atoms with Gasteiger partial charge in [0.25, 0.3) is 15.9 Å². The first kappa shape index (κ1) is 22.9. The Balaban J connectivity index is 1.66. The minimum absolute atomic E-state index is 0.0882. The van der Waals surface area contributed by atoms with Gasteiger partial charge < -0.3 is 10.1 Å². The van der Waals surface area contributed by atoms with Gasteiger partial charge in [-0.3, -0.25) is 9.52 Å². The fourth-order valence-corrected chi connectivity index (χ4v) is 4.36. The predicted molar refractivity (Wildman–Crippen MR) is 124 cm³/mol. The molecular formula is C22H20Cl2N2O4S. The van der Waals surface area contributed by atoms with Crippen LogP contribution in [0.2, 0.25) is 10.0 Å². The van der Waals surface area contributed by atoms with E-state index in [9.17, 15) is 13.2 Å². The molecular weight excluding hydrogens is 459 g/mol. The molecule has 0 aliphatic carbocycles. The number of hydrogen-bond acceptors (Lipinski definition) is 4. The summed E-state index contributed by atoms with van der Waals surface area (Å²) in [4.78, 5) is 12.3. The Morgan fingerprint density at radius 3 is 2.23 bits per heavy atom. The molecule has 0 aliphatic heterocycles. The van der Waals surface area contributed by atoms with Crippen molar-refractivity contribution in [2.75, 3.05) is 16.6 Å². The maximum Gasteiger partial charge on any atom is 0.262 e. The first-order chi connectivity index (χ1) is 14.7. The van der Waals surface area contributed by atoms with E-state index in [-0.39, 0.29) is 11.5 Å². The van der Waals surface area contributed by atoms with Crippen molar-refractivity contribution in [3.8, 4) is 5.75 Å². The molecule has 2 N–H and O–H groups in total. The number of carbonyl (C=O) groups is 1. The van der Waals surface area contributed by atoms with Gasteiger partial charge in [0.05, 0.1) is 20.6 Å². The molecule has 0 unspecified atom stereocenters. The van der Waals surface area contributed by atoms with Crippen LogP contribution in [0.1, 0.15) is 11.1 Å². The molecule has 0 heterocycles. The Labute approximate surface area is 191 Å². The van der Waals surface area contributed by atoms with Gasteiger partial charge in [-0.25, -0.2) is 8.42 Å². The highest BCUT2D eigenvalue weighted by Gasteiger charge is 2.16. The molecule has 0 bridgehead atoms. The number of sulfonamides is 1. The Hall–Kier alpha value is -2.74. The molecule has 3 aromatic carbocycles. The van der Waals surface area contributed by atoms with Crippen molar-refractivity contribution >= 4 is 50.5 Å². The summed E-state index contributed by atoms with van der Waals surface area (Å²) in [7, 11) is -3.76. The van der Waals surface area contributed by atoms with E-state index < -0.39 is 15.9 Å². The number of anilines is 2. The van der Waals surface area contributed by atoms with E-state index >= 15 is 0 Å². The van der Waals surface area contributed by atoms with Crippen molar-refractivity contribution in [2.24, 2.45) is 0 Å². The molecule has 0 aliphatic rings. The van der Waals surface area contributed by atoms with Crippen molar-refractivity contribution in [2.45, 2.75) is 18.7 Å². The lowest BCUT2D eigenvalue weighted by Crippen LogP contribution is -2.21. The molecule has 0 fully saturated rings. The fourth-order valence-electron chi connectivity index (χ4n) is 2.72. The largest absolute Gasteiger partial charge is 0.483 e. The summed E-state index contributed by atoms with van der Waals surface area (Å²) < 4.78 is 33.4.